The second-order valence-electron chi connectivity index (χ2n) is 6.17. The largest absolute Gasteiger partial charge is 0.497 e. The average Bonchev–Trinajstić information content (AvgIpc) is 3.17. The van der Waals surface area contributed by atoms with Crippen molar-refractivity contribution < 1.29 is 27.8 Å². The predicted molar refractivity (Wildman–Crippen MR) is 95.6 cm³/mol. The zero-order valence-corrected chi connectivity index (χ0v) is 15.2. The maximum absolute atomic E-state index is 13.0. The number of methoxy groups -OCH3 is 2. The Bertz CT molecular complexity index is 795. The van der Waals surface area contributed by atoms with Crippen molar-refractivity contribution in [3.63, 3.8) is 0 Å². The van der Waals surface area contributed by atoms with Crippen molar-refractivity contribution in [2.24, 2.45) is 0 Å². The highest BCUT2D eigenvalue weighted by atomic mass is 19.3. The molecule has 2 aromatic carbocycles. The minimum Gasteiger partial charge on any atom is -0.497 e. The van der Waals surface area contributed by atoms with Gasteiger partial charge in [-0.05, 0) is 48.7 Å². The molecule has 1 heterocycles. The standard InChI is InChI=1S/C20H21F2NO4/c1-25-15-8-5-13(6-9-15)16-4-3-11-23(16)19(24)14-7-10-17(27-20(21)22)18(12-14)26-2/h5-10,12,16,20H,3-4,11H2,1-2H3/t16-/m0/s1. The monoisotopic (exact) mass is 377 g/mol. The first-order chi connectivity index (χ1) is 13.0. The van der Waals surface area contributed by atoms with Crippen LogP contribution >= 0.6 is 0 Å². The molecule has 144 valence electrons. The van der Waals surface area contributed by atoms with E-state index in [-0.39, 0.29) is 23.4 Å². The highest BCUT2D eigenvalue weighted by molar-refractivity contribution is 5.95. The average molecular weight is 377 g/mol. The summed E-state index contributed by atoms with van der Waals surface area (Å²) < 4.78 is 39.6. The van der Waals surface area contributed by atoms with E-state index in [4.69, 9.17) is 9.47 Å². The molecule has 1 saturated heterocycles. The quantitative estimate of drug-likeness (QED) is 0.754. The fraction of sp³-hybridized carbons (Fsp3) is 0.350. The van der Waals surface area contributed by atoms with Gasteiger partial charge in [0.25, 0.3) is 5.91 Å². The lowest BCUT2D eigenvalue weighted by molar-refractivity contribution is -0.0512. The third-order valence-corrected chi connectivity index (χ3v) is 4.64. The van der Waals surface area contributed by atoms with Gasteiger partial charge in [0.15, 0.2) is 11.5 Å². The number of carbonyl (C=O) groups excluding carboxylic acids is 1. The molecule has 0 unspecified atom stereocenters. The number of likely N-dealkylation sites (tertiary alicyclic amines) is 1. The van der Waals surface area contributed by atoms with Crippen LogP contribution in [0.25, 0.3) is 0 Å². The van der Waals surface area contributed by atoms with Crippen LogP contribution in [-0.4, -0.2) is 38.2 Å². The molecule has 0 saturated carbocycles. The van der Waals surface area contributed by atoms with Gasteiger partial charge < -0.3 is 19.1 Å². The highest BCUT2D eigenvalue weighted by Crippen LogP contribution is 2.35. The van der Waals surface area contributed by atoms with E-state index in [2.05, 4.69) is 4.74 Å². The van der Waals surface area contributed by atoms with Crippen LogP contribution in [0.2, 0.25) is 0 Å². The number of nitrogens with zero attached hydrogens (tertiary/aromatic N) is 1. The van der Waals surface area contributed by atoms with Crippen molar-refractivity contribution in [1.29, 1.82) is 0 Å². The number of alkyl halides is 2. The molecule has 1 aliphatic rings. The van der Waals surface area contributed by atoms with Crippen LogP contribution in [0, 0.1) is 0 Å². The molecular formula is C20H21F2NO4. The summed E-state index contributed by atoms with van der Waals surface area (Å²) in [5, 5.41) is 0. The van der Waals surface area contributed by atoms with E-state index >= 15 is 0 Å². The van der Waals surface area contributed by atoms with Crippen LogP contribution in [-0.2, 0) is 0 Å². The summed E-state index contributed by atoms with van der Waals surface area (Å²) in [6.07, 6.45) is 1.76. The molecule has 5 nitrogen and oxygen atoms in total. The summed E-state index contributed by atoms with van der Waals surface area (Å²) in [5.74, 6) is 0.586. The Morgan fingerprint density at radius 3 is 2.44 bits per heavy atom. The Kier molecular flexibility index (Phi) is 5.78. The lowest BCUT2D eigenvalue weighted by Crippen LogP contribution is -2.30. The number of hydrogen-bond donors (Lipinski definition) is 0. The predicted octanol–water partition coefficient (Wildman–Crippen LogP) is 4.28. The van der Waals surface area contributed by atoms with Crippen molar-refractivity contribution >= 4 is 5.91 Å². The molecule has 1 aliphatic heterocycles. The molecule has 0 N–H and O–H groups in total. The third-order valence-electron chi connectivity index (χ3n) is 4.64. The maximum Gasteiger partial charge on any atom is 0.387 e. The molecule has 3 rings (SSSR count). The smallest absolute Gasteiger partial charge is 0.387 e. The van der Waals surface area contributed by atoms with Crippen LogP contribution in [0.15, 0.2) is 42.5 Å². The Hall–Kier alpha value is -2.83. The van der Waals surface area contributed by atoms with Gasteiger partial charge in [0.1, 0.15) is 5.75 Å². The summed E-state index contributed by atoms with van der Waals surface area (Å²) >= 11 is 0. The van der Waals surface area contributed by atoms with Crippen LogP contribution in [0.1, 0.15) is 34.8 Å². The zero-order valence-electron chi connectivity index (χ0n) is 15.2. The SMILES string of the molecule is COc1ccc([C@@H]2CCCN2C(=O)c2ccc(OC(F)F)c(OC)c2)cc1. The zero-order chi connectivity index (χ0) is 19.4. The van der Waals surface area contributed by atoms with Crippen LogP contribution in [0.5, 0.6) is 17.2 Å². The van der Waals surface area contributed by atoms with Gasteiger partial charge in [0.2, 0.25) is 0 Å². The molecular weight excluding hydrogens is 356 g/mol. The summed E-state index contributed by atoms with van der Waals surface area (Å²) in [5.41, 5.74) is 1.40. The Morgan fingerprint density at radius 1 is 1.07 bits per heavy atom. The van der Waals surface area contributed by atoms with Crippen molar-refractivity contribution in [3.05, 3.63) is 53.6 Å². The van der Waals surface area contributed by atoms with Gasteiger partial charge in [-0.25, -0.2) is 0 Å². The summed E-state index contributed by atoms with van der Waals surface area (Å²) in [4.78, 5) is 14.8. The van der Waals surface area contributed by atoms with E-state index in [0.29, 0.717) is 12.1 Å². The fourth-order valence-corrected chi connectivity index (χ4v) is 3.34. The molecule has 27 heavy (non-hydrogen) atoms. The van der Waals surface area contributed by atoms with Crippen molar-refractivity contribution in [3.8, 4) is 17.2 Å². The maximum atomic E-state index is 13.0. The summed E-state index contributed by atoms with van der Waals surface area (Å²) in [6, 6.07) is 11.9. The topological polar surface area (TPSA) is 48.0 Å². The minimum atomic E-state index is -2.96. The van der Waals surface area contributed by atoms with E-state index < -0.39 is 6.61 Å². The fourth-order valence-electron chi connectivity index (χ4n) is 3.34. The summed E-state index contributed by atoms with van der Waals surface area (Å²) in [6.45, 7) is -2.33. The second-order valence-corrected chi connectivity index (χ2v) is 6.17. The van der Waals surface area contributed by atoms with Gasteiger partial charge in [-0.3, -0.25) is 4.79 Å². The first-order valence-corrected chi connectivity index (χ1v) is 8.61. The van der Waals surface area contributed by atoms with Crippen molar-refractivity contribution in [2.75, 3.05) is 20.8 Å². The van der Waals surface area contributed by atoms with Gasteiger partial charge in [-0.15, -0.1) is 0 Å². The molecule has 1 amide bonds. The van der Waals surface area contributed by atoms with Gasteiger partial charge >= 0.3 is 6.61 Å². The number of ether oxygens (including phenoxy) is 3. The van der Waals surface area contributed by atoms with E-state index in [0.717, 1.165) is 24.2 Å². The van der Waals surface area contributed by atoms with E-state index in [1.54, 1.807) is 12.0 Å². The third kappa shape index (κ3) is 4.13. The van der Waals surface area contributed by atoms with Crippen molar-refractivity contribution in [2.45, 2.75) is 25.5 Å². The Morgan fingerprint density at radius 2 is 1.81 bits per heavy atom. The number of rotatable bonds is 6. The number of hydrogen-bond acceptors (Lipinski definition) is 4. The minimum absolute atomic E-state index is 0.0357. The molecule has 0 aromatic heterocycles. The van der Waals surface area contributed by atoms with E-state index in [9.17, 15) is 13.6 Å². The summed E-state index contributed by atoms with van der Waals surface area (Å²) in [7, 11) is 2.95. The van der Waals surface area contributed by atoms with Gasteiger partial charge in [-0.1, -0.05) is 12.1 Å². The molecule has 1 fully saturated rings. The Balaban J connectivity index is 1.83. The number of benzene rings is 2. The molecule has 0 aliphatic carbocycles. The van der Waals surface area contributed by atoms with Gasteiger partial charge in [0.05, 0.1) is 20.3 Å². The van der Waals surface area contributed by atoms with E-state index in [1.165, 1.54) is 25.3 Å². The lowest BCUT2D eigenvalue weighted by Gasteiger charge is -2.25. The van der Waals surface area contributed by atoms with E-state index in [1.807, 2.05) is 24.3 Å². The molecule has 7 heteroatoms. The number of amides is 1. The molecule has 1 atom stereocenters. The molecule has 0 bridgehead atoms. The van der Waals surface area contributed by atoms with Crippen LogP contribution < -0.4 is 14.2 Å². The molecule has 0 radical (unpaired) electrons. The number of carbonyl (C=O) groups is 1. The Labute approximate surface area is 156 Å². The second kappa shape index (κ2) is 8.24. The van der Waals surface area contributed by atoms with Gasteiger partial charge in [0, 0.05) is 12.1 Å². The van der Waals surface area contributed by atoms with Gasteiger partial charge in [-0.2, -0.15) is 8.78 Å². The molecule has 0 spiro atoms. The van der Waals surface area contributed by atoms with Crippen LogP contribution in [0.4, 0.5) is 8.78 Å². The first-order valence-electron chi connectivity index (χ1n) is 8.61. The first kappa shape index (κ1) is 18.9. The number of halogens is 2. The highest BCUT2D eigenvalue weighted by Gasteiger charge is 2.31. The van der Waals surface area contributed by atoms with Crippen LogP contribution in [0.3, 0.4) is 0 Å². The lowest BCUT2D eigenvalue weighted by atomic mass is 10.0. The normalized spacial score (nSPS) is 16.5. The van der Waals surface area contributed by atoms with Crippen molar-refractivity contribution in [1.82, 2.24) is 4.90 Å². The molecule has 2 aromatic rings.